The highest BCUT2D eigenvalue weighted by atomic mass is 16.3. The van der Waals surface area contributed by atoms with Gasteiger partial charge >= 0.3 is 0 Å². The molecule has 0 saturated carbocycles. The van der Waals surface area contributed by atoms with E-state index in [0.717, 1.165) is 82.5 Å². The predicted octanol–water partition coefficient (Wildman–Crippen LogP) is 12.6. The number of fused-ring (bicyclic) bond motifs is 8. The maximum Gasteiger partial charge on any atom is 0.168 e. The number of para-hydroxylation sites is 2. The number of furan rings is 2. The van der Waals surface area contributed by atoms with Crippen LogP contribution < -0.4 is 0 Å². The van der Waals surface area contributed by atoms with Crippen LogP contribution in [0.5, 0.6) is 0 Å². The van der Waals surface area contributed by atoms with Gasteiger partial charge < -0.3 is 8.83 Å². The summed E-state index contributed by atoms with van der Waals surface area (Å²) in [6.07, 6.45) is 0. The zero-order valence-corrected chi connectivity index (χ0v) is 27.7. The first-order valence-electron chi connectivity index (χ1n) is 17.3. The minimum Gasteiger partial charge on any atom is -0.456 e. The molecule has 0 unspecified atom stereocenters. The van der Waals surface area contributed by atoms with Crippen molar-refractivity contribution in [2.45, 2.75) is 0 Å². The van der Waals surface area contributed by atoms with E-state index in [0.29, 0.717) is 17.5 Å². The monoisotopic (exact) mass is 665 g/mol. The van der Waals surface area contributed by atoms with Crippen LogP contribution in [0.3, 0.4) is 0 Å². The summed E-state index contributed by atoms with van der Waals surface area (Å²) in [6, 6.07) is 56.4. The van der Waals surface area contributed by atoms with Gasteiger partial charge in [0, 0.05) is 32.7 Å². The van der Waals surface area contributed by atoms with Crippen LogP contribution >= 0.6 is 0 Å². The summed E-state index contributed by atoms with van der Waals surface area (Å²) in [5.41, 5.74) is 8.06. The molecule has 0 aliphatic heterocycles. The number of nitrogens with zero attached hydrogens (tertiary/aromatic N) is 3. The van der Waals surface area contributed by atoms with Crippen LogP contribution in [0.1, 0.15) is 0 Å². The number of rotatable bonds is 4. The van der Waals surface area contributed by atoms with E-state index in [4.69, 9.17) is 23.8 Å². The van der Waals surface area contributed by atoms with Crippen molar-refractivity contribution in [3.05, 3.63) is 164 Å². The molecule has 52 heavy (non-hydrogen) atoms. The van der Waals surface area contributed by atoms with Crippen LogP contribution in [0.25, 0.3) is 111 Å². The molecule has 0 saturated heterocycles. The molecule has 0 atom stereocenters. The Hall–Kier alpha value is -7.11. The highest BCUT2D eigenvalue weighted by Gasteiger charge is 2.22. The Labute approximate surface area is 297 Å². The van der Waals surface area contributed by atoms with Gasteiger partial charge in [-0.3, -0.25) is 0 Å². The summed E-state index contributed by atoms with van der Waals surface area (Å²) in [4.78, 5) is 15.7. The van der Waals surface area contributed by atoms with Gasteiger partial charge in [-0.2, -0.15) is 0 Å². The van der Waals surface area contributed by atoms with Crippen molar-refractivity contribution in [3.8, 4) is 45.3 Å². The summed E-state index contributed by atoms with van der Waals surface area (Å²) >= 11 is 0. The summed E-state index contributed by atoms with van der Waals surface area (Å²) in [5.74, 6) is 1.68. The molecule has 8 aromatic carbocycles. The number of aromatic nitrogens is 3. The molecule has 0 bridgehead atoms. The summed E-state index contributed by atoms with van der Waals surface area (Å²) in [6.45, 7) is 0. The average molecular weight is 666 g/mol. The van der Waals surface area contributed by atoms with Crippen molar-refractivity contribution >= 4 is 65.4 Å². The lowest BCUT2D eigenvalue weighted by Gasteiger charge is -2.12. The molecule has 0 aliphatic carbocycles. The maximum atomic E-state index is 6.63. The van der Waals surface area contributed by atoms with Crippen molar-refractivity contribution in [2.75, 3.05) is 0 Å². The number of hydrogen-bond acceptors (Lipinski definition) is 5. The normalized spacial score (nSPS) is 11.8. The molecule has 0 fully saturated rings. The molecule has 3 aromatic heterocycles. The van der Waals surface area contributed by atoms with Crippen LogP contribution in [0.4, 0.5) is 0 Å². The first-order chi connectivity index (χ1) is 25.7. The molecular weight excluding hydrogens is 639 g/mol. The molecule has 0 N–H and O–H groups in total. The maximum absolute atomic E-state index is 6.63. The second kappa shape index (κ2) is 11.2. The second-order valence-corrected chi connectivity index (χ2v) is 13.2. The molecule has 0 spiro atoms. The largest absolute Gasteiger partial charge is 0.456 e. The third-order valence-electron chi connectivity index (χ3n) is 10.1. The Kier molecular flexibility index (Phi) is 6.18. The lowest BCUT2D eigenvalue weighted by atomic mass is 9.99. The third-order valence-corrected chi connectivity index (χ3v) is 10.1. The van der Waals surface area contributed by atoms with Gasteiger partial charge in [-0.05, 0) is 63.0 Å². The highest BCUT2D eigenvalue weighted by molar-refractivity contribution is 6.18. The molecule has 11 aromatic rings. The average Bonchev–Trinajstić information content (AvgIpc) is 3.78. The van der Waals surface area contributed by atoms with Gasteiger partial charge in [-0.25, -0.2) is 15.0 Å². The zero-order chi connectivity index (χ0) is 34.2. The van der Waals surface area contributed by atoms with E-state index < -0.39 is 0 Å². The zero-order valence-electron chi connectivity index (χ0n) is 27.7. The van der Waals surface area contributed by atoms with Crippen molar-refractivity contribution in [1.29, 1.82) is 0 Å². The summed E-state index contributed by atoms with van der Waals surface area (Å²) in [5, 5.41) is 8.59. The van der Waals surface area contributed by atoms with E-state index in [-0.39, 0.29) is 0 Å². The Morgan fingerprint density at radius 2 is 0.962 bits per heavy atom. The quantitative estimate of drug-likeness (QED) is 0.187. The Balaban J connectivity index is 1.17. The first-order valence-corrected chi connectivity index (χ1v) is 17.3. The van der Waals surface area contributed by atoms with Crippen molar-refractivity contribution in [2.24, 2.45) is 0 Å². The smallest absolute Gasteiger partial charge is 0.168 e. The second-order valence-electron chi connectivity index (χ2n) is 13.2. The van der Waals surface area contributed by atoms with Gasteiger partial charge in [-0.1, -0.05) is 133 Å². The van der Waals surface area contributed by atoms with Gasteiger partial charge in [0.15, 0.2) is 17.5 Å². The Bertz CT molecular complexity index is 3190. The van der Waals surface area contributed by atoms with Gasteiger partial charge in [0.2, 0.25) is 0 Å². The van der Waals surface area contributed by atoms with E-state index in [2.05, 4.69) is 109 Å². The van der Waals surface area contributed by atoms with Crippen molar-refractivity contribution in [1.82, 2.24) is 15.0 Å². The Morgan fingerprint density at radius 3 is 1.81 bits per heavy atom. The molecule has 0 radical (unpaired) electrons. The third kappa shape index (κ3) is 4.46. The van der Waals surface area contributed by atoms with Crippen LogP contribution in [-0.4, -0.2) is 15.0 Å². The summed E-state index contributed by atoms with van der Waals surface area (Å²) in [7, 11) is 0. The lowest BCUT2D eigenvalue weighted by Crippen LogP contribution is -2.01. The molecule has 5 heteroatoms. The molecule has 242 valence electrons. The van der Waals surface area contributed by atoms with Crippen LogP contribution in [0.2, 0.25) is 0 Å². The summed E-state index contributed by atoms with van der Waals surface area (Å²) < 4.78 is 12.9. The minimum atomic E-state index is 0.546. The standard InChI is InChI=1S/C47H27N3O2/c1-2-11-31-26-32(25-22-28(31)10-1)29-20-23-30(24-21-29)45-48-46(37-16-9-19-41-42(37)36-15-6-8-18-40(36)51-41)50-47(49-45)43-34-13-4-3-12-33(34)27-38-35-14-5-7-17-39(35)52-44(38)43/h1-27H. The highest BCUT2D eigenvalue weighted by Crippen LogP contribution is 2.42. The van der Waals surface area contributed by atoms with Crippen molar-refractivity contribution in [3.63, 3.8) is 0 Å². The molecular formula is C47H27N3O2. The first kappa shape index (κ1) is 28.7. The molecule has 3 heterocycles. The fraction of sp³-hybridized carbons (Fsp3) is 0. The van der Waals surface area contributed by atoms with E-state index in [1.165, 1.54) is 10.8 Å². The topological polar surface area (TPSA) is 65.0 Å². The Morgan fingerprint density at radius 1 is 0.346 bits per heavy atom. The van der Waals surface area contributed by atoms with Gasteiger partial charge in [0.1, 0.15) is 22.3 Å². The SMILES string of the molecule is c1ccc2cc(-c3ccc(-c4nc(-c5c6ccccc6cc6c5oc5ccccc56)nc(-c5cccc6oc7ccccc7c56)n4)cc3)ccc2c1. The predicted molar refractivity (Wildman–Crippen MR) is 211 cm³/mol. The van der Waals surface area contributed by atoms with E-state index >= 15 is 0 Å². The number of benzene rings is 8. The van der Waals surface area contributed by atoms with E-state index in [1.54, 1.807) is 0 Å². The van der Waals surface area contributed by atoms with E-state index in [1.807, 2.05) is 54.6 Å². The number of hydrogen-bond donors (Lipinski definition) is 0. The molecule has 5 nitrogen and oxygen atoms in total. The van der Waals surface area contributed by atoms with Gasteiger partial charge in [0.25, 0.3) is 0 Å². The van der Waals surface area contributed by atoms with Crippen molar-refractivity contribution < 1.29 is 8.83 Å². The fourth-order valence-corrected chi connectivity index (χ4v) is 7.62. The van der Waals surface area contributed by atoms with Gasteiger partial charge in [0.05, 0.1) is 5.56 Å². The molecule has 0 aliphatic rings. The van der Waals surface area contributed by atoms with Crippen LogP contribution in [-0.2, 0) is 0 Å². The van der Waals surface area contributed by atoms with E-state index in [9.17, 15) is 0 Å². The van der Waals surface area contributed by atoms with Crippen LogP contribution in [0, 0.1) is 0 Å². The van der Waals surface area contributed by atoms with Gasteiger partial charge in [-0.15, -0.1) is 0 Å². The minimum absolute atomic E-state index is 0.546. The lowest BCUT2D eigenvalue weighted by molar-refractivity contribution is 0.668. The molecule has 0 amide bonds. The molecule has 11 rings (SSSR count). The van der Waals surface area contributed by atoms with Crippen LogP contribution in [0.15, 0.2) is 173 Å². The fourth-order valence-electron chi connectivity index (χ4n) is 7.62.